The first kappa shape index (κ1) is 20.0. The van der Waals surface area contributed by atoms with Crippen molar-refractivity contribution in [2.45, 2.75) is 24.7 Å². The third kappa shape index (κ3) is 5.60. The Labute approximate surface area is 169 Å². The van der Waals surface area contributed by atoms with E-state index in [0.717, 1.165) is 15.7 Å². The molecule has 0 aliphatic heterocycles. The average Bonchev–Trinajstić information content (AvgIpc) is 2.71. The van der Waals surface area contributed by atoms with Gasteiger partial charge in [0, 0.05) is 10.6 Å². The third-order valence-electron chi connectivity index (χ3n) is 4.30. The van der Waals surface area contributed by atoms with Crippen LogP contribution >= 0.6 is 11.8 Å². The van der Waals surface area contributed by atoms with Crippen LogP contribution in [0.4, 0.5) is 5.69 Å². The second-order valence-electron chi connectivity index (χ2n) is 6.78. The number of hydrogen-bond acceptors (Lipinski definition) is 4. The predicted molar refractivity (Wildman–Crippen MR) is 115 cm³/mol. The van der Waals surface area contributed by atoms with Gasteiger partial charge >= 0.3 is 5.97 Å². The molecule has 0 saturated heterocycles. The van der Waals surface area contributed by atoms with E-state index in [1.54, 1.807) is 0 Å². The van der Waals surface area contributed by atoms with E-state index in [9.17, 15) is 9.59 Å². The molecule has 0 aliphatic carbocycles. The van der Waals surface area contributed by atoms with Crippen molar-refractivity contribution in [3.8, 4) is 0 Å². The van der Waals surface area contributed by atoms with Crippen LogP contribution in [0.3, 0.4) is 0 Å². The van der Waals surface area contributed by atoms with E-state index >= 15 is 0 Å². The number of fused-ring (bicyclic) bond motifs is 1. The summed E-state index contributed by atoms with van der Waals surface area (Å²) in [6.45, 7) is 3.94. The Morgan fingerprint density at radius 2 is 1.68 bits per heavy atom. The standard InChI is InChI=1S/C23H23NO3S/c1-16(2)17-7-10-20(11-8-17)24-22(25)14-27-23(26)15-28-21-12-9-18-5-3-4-6-19(18)13-21/h3-13,16H,14-15H2,1-2H3,(H,24,25). The lowest BCUT2D eigenvalue weighted by molar-refractivity contribution is -0.144. The van der Waals surface area contributed by atoms with Crippen molar-refractivity contribution in [2.75, 3.05) is 17.7 Å². The first-order chi connectivity index (χ1) is 13.5. The van der Waals surface area contributed by atoms with E-state index in [2.05, 4.69) is 19.2 Å². The maximum absolute atomic E-state index is 12.0. The van der Waals surface area contributed by atoms with Gasteiger partial charge in [-0.3, -0.25) is 9.59 Å². The van der Waals surface area contributed by atoms with Gasteiger partial charge in [0.25, 0.3) is 5.91 Å². The number of rotatable bonds is 7. The van der Waals surface area contributed by atoms with Crippen molar-refractivity contribution in [3.05, 3.63) is 72.3 Å². The van der Waals surface area contributed by atoms with Crippen LogP contribution in [-0.4, -0.2) is 24.2 Å². The van der Waals surface area contributed by atoms with Gasteiger partial charge in [-0.2, -0.15) is 0 Å². The molecule has 0 aliphatic rings. The Balaban J connectivity index is 1.43. The molecule has 28 heavy (non-hydrogen) atoms. The lowest BCUT2D eigenvalue weighted by Gasteiger charge is -2.09. The van der Waals surface area contributed by atoms with Crippen molar-refractivity contribution >= 4 is 40.1 Å². The minimum atomic E-state index is -0.413. The van der Waals surface area contributed by atoms with Crippen molar-refractivity contribution in [1.29, 1.82) is 0 Å². The third-order valence-corrected chi connectivity index (χ3v) is 5.27. The SMILES string of the molecule is CC(C)c1ccc(NC(=O)COC(=O)CSc2ccc3ccccc3c2)cc1. The van der Waals surface area contributed by atoms with Gasteiger partial charge in [-0.1, -0.05) is 56.3 Å². The number of anilines is 1. The van der Waals surface area contributed by atoms with Gasteiger partial charge in [-0.05, 0) is 46.5 Å². The Kier molecular flexibility index (Phi) is 6.71. The van der Waals surface area contributed by atoms with Crippen LogP contribution in [-0.2, 0) is 14.3 Å². The molecule has 0 unspecified atom stereocenters. The molecule has 0 fully saturated rings. The molecule has 0 heterocycles. The fraction of sp³-hybridized carbons (Fsp3) is 0.217. The van der Waals surface area contributed by atoms with Crippen molar-refractivity contribution in [1.82, 2.24) is 0 Å². The Bertz CT molecular complexity index is 967. The first-order valence-electron chi connectivity index (χ1n) is 9.18. The highest BCUT2D eigenvalue weighted by Gasteiger charge is 2.09. The van der Waals surface area contributed by atoms with Crippen LogP contribution in [0.1, 0.15) is 25.3 Å². The van der Waals surface area contributed by atoms with Gasteiger partial charge < -0.3 is 10.1 Å². The minimum Gasteiger partial charge on any atom is -0.455 e. The number of carbonyl (C=O) groups is 2. The Morgan fingerprint density at radius 3 is 2.39 bits per heavy atom. The van der Waals surface area contributed by atoms with Crippen molar-refractivity contribution in [3.63, 3.8) is 0 Å². The summed E-state index contributed by atoms with van der Waals surface area (Å²) in [6, 6.07) is 21.8. The van der Waals surface area contributed by atoms with E-state index in [1.165, 1.54) is 17.3 Å². The van der Waals surface area contributed by atoms with Gasteiger partial charge in [0.05, 0.1) is 5.75 Å². The lowest BCUT2D eigenvalue weighted by atomic mass is 10.0. The number of amides is 1. The second kappa shape index (κ2) is 9.42. The molecule has 3 aromatic carbocycles. The van der Waals surface area contributed by atoms with Gasteiger partial charge in [-0.15, -0.1) is 11.8 Å². The summed E-state index contributed by atoms with van der Waals surface area (Å²) in [7, 11) is 0. The van der Waals surface area contributed by atoms with Crippen LogP contribution in [0, 0.1) is 0 Å². The number of nitrogens with one attached hydrogen (secondary N) is 1. The zero-order valence-electron chi connectivity index (χ0n) is 16.0. The Morgan fingerprint density at radius 1 is 0.964 bits per heavy atom. The molecule has 3 aromatic rings. The van der Waals surface area contributed by atoms with Gasteiger partial charge in [0.15, 0.2) is 6.61 Å². The first-order valence-corrected chi connectivity index (χ1v) is 10.2. The molecule has 1 N–H and O–H groups in total. The molecule has 144 valence electrons. The molecular formula is C23H23NO3S. The maximum atomic E-state index is 12.0. The van der Waals surface area contributed by atoms with Crippen LogP contribution in [0.25, 0.3) is 10.8 Å². The lowest BCUT2D eigenvalue weighted by Crippen LogP contribution is -2.21. The number of thioether (sulfide) groups is 1. The maximum Gasteiger partial charge on any atom is 0.316 e. The number of hydrogen-bond donors (Lipinski definition) is 1. The fourth-order valence-electron chi connectivity index (χ4n) is 2.74. The summed E-state index contributed by atoms with van der Waals surface area (Å²) in [5, 5.41) is 5.02. The highest BCUT2D eigenvalue weighted by atomic mass is 32.2. The smallest absolute Gasteiger partial charge is 0.316 e. The molecule has 1 amide bonds. The molecule has 0 atom stereocenters. The molecule has 3 rings (SSSR count). The van der Waals surface area contributed by atoms with E-state index in [1.807, 2.05) is 66.7 Å². The van der Waals surface area contributed by atoms with Crippen LogP contribution in [0.5, 0.6) is 0 Å². The van der Waals surface area contributed by atoms with Crippen LogP contribution in [0.2, 0.25) is 0 Å². The molecule has 5 heteroatoms. The number of carbonyl (C=O) groups excluding carboxylic acids is 2. The Hall–Kier alpha value is -2.79. The van der Waals surface area contributed by atoms with Crippen LogP contribution < -0.4 is 5.32 Å². The van der Waals surface area contributed by atoms with Crippen LogP contribution in [0.15, 0.2) is 71.6 Å². The highest BCUT2D eigenvalue weighted by Crippen LogP contribution is 2.23. The largest absolute Gasteiger partial charge is 0.455 e. The van der Waals surface area contributed by atoms with E-state index in [4.69, 9.17) is 4.74 Å². The molecular weight excluding hydrogens is 370 g/mol. The molecule has 0 radical (unpaired) electrons. The summed E-state index contributed by atoms with van der Waals surface area (Å²) in [5.74, 6) is -0.162. The zero-order valence-corrected chi connectivity index (χ0v) is 16.8. The van der Waals surface area contributed by atoms with Crippen molar-refractivity contribution in [2.24, 2.45) is 0 Å². The predicted octanol–water partition coefficient (Wildman–Crippen LogP) is 5.24. The quantitative estimate of drug-likeness (QED) is 0.441. The molecule has 0 aromatic heterocycles. The monoisotopic (exact) mass is 393 g/mol. The summed E-state index contributed by atoms with van der Waals surface area (Å²) >= 11 is 1.40. The molecule has 0 saturated carbocycles. The minimum absolute atomic E-state index is 0.161. The van der Waals surface area contributed by atoms with Gasteiger partial charge in [-0.25, -0.2) is 0 Å². The topological polar surface area (TPSA) is 55.4 Å². The van der Waals surface area contributed by atoms with Crippen molar-refractivity contribution < 1.29 is 14.3 Å². The highest BCUT2D eigenvalue weighted by molar-refractivity contribution is 8.00. The summed E-state index contributed by atoms with van der Waals surface area (Å²) in [4.78, 5) is 24.9. The molecule has 4 nitrogen and oxygen atoms in total. The van der Waals surface area contributed by atoms with E-state index < -0.39 is 5.97 Å². The van der Waals surface area contributed by atoms with E-state index in [0.29, 0.717) is 11.6 Å². The number of benzene rings is 3. The summed E-state index contributed by atoms with van der Waals surface area (Å²) < 4.78 is 5.08. The second-order valence-corrected chi connectivity index (χ2v) is 7.83. The zero-order chi connectivity index (χ0) is 19.9. The summed E-state index contributed by atoms with van der Waals surface area (Å²) in [5.41, 5.74) is 1.89. The van der Waals surface area contributed by atoms with E-state index in [-0.39, 0.29) is 18.3 Å². The van der Waals surface area contributed by atoms with Gasteiger partial charge in [0.2, 0.25) is 0 Å². The molecule has 0 bridgehead atoms. The number of esters is 1. The average molecular weight is 394 g/mol. The fourth-order valence-corrected chi connectivity index (χ4v) is 3.48. The number of ether oxygens (including phenoxy) is 1. The normalized spacial score (nSPS) is 10.8. The van der Waals surface area contributed by atoms with Gasteiger partial charge in [0.1, 0.15) is 0 Å². The molecule has 0 spiro atoms. The summed E-state index contributed by atoms with van der Waals surface area (Å²) in [6.07, 6.45) is 0.